The van der Waals surface area contributed by atoms with E-state index in [9.17, 15) is 0 Å². The summed E-state index contributed by atoms with van der Waals surface area (Å²) < 4.78 is 3.71. The first-order valence-electron chi connectivity index (χ1n) is 17.3. The summed E-state index contributed by atoms with van der Waals surface area (Å²) >= 11 is 1.87. The summed E-state index contributed by atoms with van der Waals surface area (Å²) in [5.41, 5.74) is 13.1. The van der Waals surface area contributed by atoms with Gasteiger partial charge in [0.15, 0.2) is 0 Å². The normalized spacial score (nSPS) is 11.5. The van der Waals surface area contributed by atoms with Crippen LogP contribution in [-0.2, 0) is 0 Å². The van der Waals surface area contributed by atoms with Crippen molar-refractivity contribution in [3.05, 3.63) is 183 Å². The van der Waals surface area contributed by atoms with Crippen molar-refractivity contribution in [3.63, 3.8) is 0 Å². The summed E-state index contributed by atoms with van der Waals surface area (Å²) in [7, 11) is 0. The summed E-state index contributed by atoms with van der Waals surface area (Å²) in [6, 6.07) is 56.3. The highest BCUT2D eigenvalue weighted by Gasteiger charge is 2.17. The molecule has 4 nitrogen and oxygen atoms in total. The maximum absolute atomic E-state index is 5.17. The smallest absolute Gasteiger partial charge is 0.0731 e. The van der Waals surface area contributed by atoms with Crippen molar-refractivity contribution in [3.8, 4) is 60.9 Å². The van der Waals surface area contributed by atoms with Gasteiger partial charge in [-0.1, -0.05) is 91.0 Å². The molecule has 0 saturated heterocycles. The van der Waals surface area contributed by atoms with E-state index in [4.69, 9.17) is 4.98 Å². The molecule has 0 saturated carbocycles. The lowest BCUT2D eigenvalue weighted by Crippen LogP contribution is -1.95. The molecular formula is C47H30N4S. The Morgan fingerprint density at radius 2 is 1.12 bits per heavy atom. The highest BCUT2D eigenvalue weighted by molar-refractivity contribution is 7.23. The Bertz CT molecular complexity index is 2860. The van der Waals surface area contributed by atoms with Crippen molar-refractivity contribution in [1.29, 1.82) is 0 Å². The molecule has 0 spiro atoms. The van der Waals surface area contributed by atoms with Crippen LogP contribution >= 0.6 is 11.3 Å². The molecule has 0 aliphatic carbocycles. The molecular weight excluding hydrogens is 653 g/mol. The minimum atomic E-state index is 0.889. The van der Waals surface area contributed by atoms with E-state index in [2.05, 4.69) is 154 Å². The molecule has 0 aliphatic heterocycles. The molecule has 52 heavy (non-hydrogen) atoms. The van der Waals surface area contributed by atoms with E-state index in [1.807, 2.05) is 48.1 Å². The fraction of sp³-hybridized carbons (Fsp3) is 0. The molecule has 0 radical (unpaired) electrons. The summed E-state index contributed by atoms with van der Waals surface area (Å²) in [4.78, 5) is 15.0. The maximum Gasteiger partial charge on any atom is 0.0731 e. The zero-order valence-corrected chi connectivity index (χ0v) is 28.8. The zero-order valence-electron chi connectivity index (χ0n) is 28.0. The standard InChI is InChI=1S/C47H30N4S/c1-2-7-35(8-3-1)45-29-36-18-21-44-46(47(36)52-45)40-10-4-5-11-43(40)51(44)39-19-16-34(17-20-39)41-27-38(28-42(50-41)37-9-6-24-49-30-37)32-14-12-31(13-15-32)33-22-25-48-26-23-33/h1-30H. The molecule has 5 aromatic carbocycles. The van der Waals surface area contributed by atoms with Gasteiger partial charge in [0.25, 0.3) is 0 Å². The van der Waals surface area contributed by atoms with E-state index >= 15 is 0 Å². The van der Waals surface area contributed by atoms with Crippen LogP contribution < -0.4 is 0 Å². The predicted octanol–water partition coefficient (Wildman–Crippen LogP) is 12.5. The SMILES string of the molecule is c1ccc(-c2cc3ccc4c(c5ccccc5n4-c4ccc(-c5cc(-c6ccc(-c7ccncc7)cc6)cc(-c6cccnc6)n5)cc4)c3s2)cc1. The third-order valence-electron chi connectivity index (χ3n) is 9.81. The van der Waals surface area contributed by atoms with E-state index in [0.717, 1.165) is 50.5 Å². The number of pyridine rings is 3. The monoisotopic (exact) mass is 682 g/mol. The van der Waals surface area contributed by atoms with Crippen LogP contribution in [0.15, 0.2) is 183 Å². The van der Waals surface area contributed by atoms with Crippen molar-refractivity contribution in [2.75, 3.05) is 0 Å². The molecule has 0 atom stereocenters. The Hall–Kier alpha value is -6.69. The number of hydrogen-bond acceptors (Lipinski definition) is 4. The molecule has 244 valence electrons. The van der Waals surface area contributed by atoms with E-state index in [-0.39, 0.29) is 0 Å². The second-order valence-electron chi connectivity index (χ2n) is 12.9. The Morgan fingerprint density at radius 1 is 0.442 bits per heavy atom. The van der Waals surface area contributed by atoms with Crippen LogP contribution in [0, 0.1) is 0 Å². The van der Waals surface area contributed by atoms with Crippen LogP contribution in [-0.4, -0.2) is 19.5 Å². The van der Waals surface area contributed by atoms with Gasteiger partial charge in [0, 0.05) is 62.0 Å². The molecule has 0 amide bonds. The number of benzene rings is 5. The first-order chi connectivity index (χ1) is 25.8. The number of fused-ring (bicyclic) bond motifs is 5. The summed E-state index contributed by atoms with van der Waals surface area (Å²) in [6.45, 7) is 0. The summed E-state index contributed by atoms with van der Waals surface area (Å²) in [5, 5.41) is 3.84. The molecule has 0 aliphatic rings. The van der Waals surface area contributed by atoms with Gasteiger partial charge in [-0.25, -0.2) is 4.98 Å². The number of para-hydroxylation sites is 1. The van der Waals surface area contributed by atoms with E-state index in [1.54, 1.807) is 6.20 Å². The lowest BCUT2D eigenvalue weighted by atomic mass is 9.98. The zero-order chi connectivity index (χ0) is 34.4. The molecule has 5 heterocycles. The Morgan fingerprint density at radius 3 is 1.88 bits per heavy atom. The second-order valence-corrected chi connectivity index (χ2v) is 14.0. The van der Waals surface area contributed by atoms with Gasteiger partial charge in [0.2, 0.25) is 0 Å². The van der Waals surface area contributed by atoms with Crippen molar-refractivity contribution in [2.24, 2.45) is 0 Å². The van der Waals surface area contributed by atoms with Gasteiger partial charge in [-0.3, -0.25) is 9.97 Å². The van der Waals surface area contributed by atoms with Gasteiger partial charge in [0.1, 0.15) is 0 Å². The van der Waals surface area contributed by atoms with Gasteiger partial charge in [-0.05, 0) is 99.9 Å². The largest absolute Gasteiger partial charge is 0.309 e. The van der Waals surface area contributed by atoms with Crippen LogP contribution in [0.5, 0.6) is 0 Å². The topological polar surface area (TPSA) is 43.6 Å². The van der Waals surface area contributed by atoms with E-state index in [1.165, 1.54) is 42.3 Å². The lowest BCUT2D eigenvalue weighted by Gasteiger charge is -2.12. The molecule has 0 bridgehead atoms. The van der Waals surface area contributed by atoms with Gasteiger partial charge < -0.3 is 4.57 Å². The average molecular weight is 683 g/mol. The summed E-state index contributed by atoms with van der Waals surface area (Å²) in [5.74, 6) is 0. The van der Waals surface area contributed by atoms with Gasteiger partial charge in [-0.15, -0.1) is 11.3 Å². The Balaban J connectivity index is 1.07. The molecule has 10 rings (SSSR count). The lowest BCUT2D eigenvalue weighted by molar-refractivity contribution is 1.18. The second kappa shape index (κ2) is 12.6. The third-order valence-corrected chi connectivity index (χ3v) is 11.0. The van der Waals surface area contributed by atoms with Crippen LogP contribution in [0.25, 0.3) is 92.8 Å². The average Bonchev–Trinajstić information content (AvgIpc) is 3.82. The number of hydrogen-bond donors (Lipinski definition) is 0. The predicted molar refractivity (Wildman–Crippen MR) is 217 cm³/mol. The van der Waals surface area contributed by atoms with Crippen LogP contribution in [0.4, 0.5) is 0 Å². The number of thiophene rings is 1. The van der Waals surface area contributed by atoms with Crippen LogP contribution in [0.1, 0.15) is 0 Å². The van der Waals surface area contributed by atoms with Gasteiger partial charge >= 0.3 is 0 Å². The molecule has 0 fully saturated rings. The highest BCUT2D eigenvalue weighted by atomic mass is 32.1. The minimum absolute atomic E-state index is 0.889. The van der Waals surface area contributed by atoms with Crippen LogP contribution in [0.2, 0.25) is 0 Å². The Labute approximate surface area is 305 Å². The maximum atomic E-state index is 5.17. The van der Waals surface area contributed by atoms with Crippen molar-refractivity contribution >= 4 is 43.2 Å². The molecule has 10 aromatic rings. The Kier molecular flexibility index (Phi) is 7.29. The number of nitrogens with zero attached hydrogens (tertiary/aromatic N) is 4. The molecule has 5 aromatic heterocycles. The van der Waals surface area contributed by atoms with Gasteiger partial charge in [-0.2, -0.15) is 0 Å². The van der Waals surface area contributed by atoms with Gasteiger partial charge in [0.05, 0.1) is 22.4 Å². The number of rotatable bonds is 6. The third kappa shape index (κ3) is 5.27. The summed E-state index contributed by atoms with van der Waals surface area (Å²) in [6.07, 6.45) is 7.33. The molecule has 0 N–H and O–H groups in total. The van der Waals surface area contributed by atoms with Crippen LogP contribution in [0.3, 0.4) is 0 Å². The van der Waals surface area contributed by atoms with Crippen molar-refractivity contribution in [2.45, 2.75) is 0 Å². The van der Waals surface area contributed by atoms with E-state index < -0.39 is 0 Å². The fourth-order valence-electron chi connectivity index (χ4n) is 7.26. The molecule has 5 heteroatoms. The highest BCUT2D eigenvalue weighted by Crippen LogP contribution is 2.43. The first-order valence-corrected chi connectivity index (χ1v) is 18.1. The van der Waals surface area contributed by atoms with E-state index in [0.29, 0.717) is 0 Å². The first kappa shape index (κ1) is 30.2. The fourth-order valence-corrected chi connectivity index (χ4v) is 8.48. The molecule has 0 unspecified atom stereocenters. The van der Waals surface area contributed by atoms with Crippen molar-refractivity contribution in [1.82, 2.24) is 19.5 Å². The quantitative estimate of drug-likeness (QED) is 0.175. The number of aromatic nitrogens is 4. The van der Waals surface area contributed by atoms with Crippen molar-refractivity contribution < 1.29 is 0 Å². The minimum Gasteiger partial charge on any atom is -0.309 e.